The fourth-order valence-corrected chi connectivity index (χ4v) is 2.85. The molecule has 1 aliphatic carbocycles. The van der Waals surface area contributed by atoms with Crippen molar-refractivity contribution >= 4 is 27.5 Å². The molecule has 0 heterocycles. The van der Waals surface area contributed by atoms with Crippen LogP contribution in [0.5, 0.6) is 0 Å². The molecular weight excluding hydrogens is 287 g/mol. The van der Waals surface area contributed by atoms with Crippen molar-refractivity contribution in [1.82, 2.24) is 0 Å². The van der Waals surface area contributed by atoms with Gasteiger partial charge in [0.1, 0.15) is 0 Å². The molecule has 1 fully saturated rings. The highest BCUT2D eigenvalue weighted by Gasteiger charge is 2.20. The molecule has 1 nitrogen and oxygen atoms in total. The summed E-state index contributed by atoms with van der Waals surface area (Å²) in [7, 11) is 0. The van der Waals surface area contributed by atoms with E-state index < -0.39 is 0 Å². The Morgan fingerprint density at radius 2 is 2.06 bits per heavy atom. The van der Waals surface area contributed by atoms with E-state index in [-0.39, 0.29) is 6.10 Å². The zero-order valence-corrected chi connectivity index (χ0v) is 11.5. The molecule has 1 aromatic carbocycles. The largest absolute Gasteiger partial charge is 0.388 e. The van der Waals surface area contributed by atoms with Crippen molar-refractivity contribution in [2.24, 2.45) is 5.92 Å². The van der Waals surface area contributed by atoms with E-state index in [4.69, 9.17) is 11.6 Å². The number of hydrogen-bond donors (Lipinski definition) is 1. The Kier molecular flexibility index (Phi) is 4.28. The van der Waals surface area contributed by atoms with Gasteiger partial charge in [-0.3, -0.25) is 0 Å². The number of aliphatic hydroxyl groups excluding tert-OH is 1. The lowest BCUT2D eigenvalue weighted by Gasteiger charge is -2.16. The van der Waals surface area contributed by atoms with Crippen LogP contribution < -0.4 is 0 Å². The maximum absolute atomic E-state index is 10.1. The lowest BCUT2D eigenvalue weighted by molar-refractivity contribution is 0.145. The summed E-state index contributed by atoms with van der Waals surface area (Å²) < 4.78 is 0.881. The van der Waals surface area contributed by atoms with Crippen molar-refractivity contribution in [2.45, 2.75) is 38.2 Å². The van der Waals surface area contributed by atoms with E-state index >= 15 is 0 Å². The van der Waals surface area contributed by atoms with Crippen molar-refractivity contribution in [3.8, 4) is 0 Å². The van der Waals surface area contributed by atoms with E-state index in [1.54, 1.807) is 0 Å². The van der Waals surface area contributed by atoms with Crippen molar-refractivity contribution in [3.63, 3.8) is 0 Å². The topological polar surface area (TPSA) is 20.2 Å². The highest BCUT2D eigenvalue weighted by atomic mass is 79.9. The third kappa shape index (κ3) is 2.99. The van der Waals surface area contributed by atoms with Crippen molar-refractivity contribution in [1.29, 1.82) is 0 Å². The van der Waals surface area contributed by atoms with Crippen LogP contribution in [0.1, 0.15) is 43.8 Å². The molecule has 1 N–H and O–H groups in total. The first-order valence-corrected chi connectivity index (χ1v) is 6.97. The summed E-state index contributed by atoms with van der Waals surface area (Å²) in [6.07, 6.45) is 5.67. The molecule has 16 heavy (non-hydrogen) atoms. The minimum absolute atomic E-state index is 0.367. The third-order valence-corrected chi connectivity index (χ3v) is 4.59. The molecule has 2 rings (SSSR count). The maximum Gasteiger partial charge on any atom is 0.0793 e. The van der Waals surface area contributed by atoms with Gasteiger partial charge in [-0.25, -0.2) is 0 Å². The number of aliphatic hydroxyl groups is 1. The maximum atomic E-state index is 10.1. The van der Waals surface area contributed by atoms with Gasteiger partial charge in [0.15, 0.2) is 0 Å². The highest BCUT2D eigenvalue weighted by molar-refractivity contribution is 9.10. The van der Waals surface area contributed by atoms with Crippen molar-refractivity contribution in [3.05, 3.63) is 33.3 Å². The van der Waals surface area contributed by atoms with E-state index in [2.05, 4.69) is 15.9 Å². The van der Waals surface area contributed by atoms with E-state index in [1.165, 1.54) is 25.7 Å². The molecule has 88 valence electrons. The quantitative estimate of drug-likeness (QED) is 0.857. The first-order chi connectivity index (χ1) is 7.66. The van der Waals surface area contributed by atoms with Gasteiger partial charge in [0, 0.05) is 4.47 Å². The average Bonchev–Trinajstić information content (AvgIpc) is 2.74. The van der Waals surface area contributed by atoms with Crippen molar-refractivity contribution < 1.29 is 5.11 Å². The van der Waals surface area contributed by atoms with Crippen LogP contribution in [-0.4, -0.2) is 5.11 Å². The summed E-state index contributed by atoms with van der Waals surface area (Å²) >= 11 is 9.37. The third-order valence-electron chi connectivity index (χ3n) is 3.36. The Morgan fingerprint density at radius 1 is 1.38 bits per heavy atom. The predicted molar refractivity (Wildman–Crippen MR) is 70.7 cm³/mol. The summed E-state index contributed by atoms with van der Waals surface area (Å²) in [5, 5.41) is 10.8. The lowest BCUT2D eigenvalue weighted by atomic mass is 9.96. The molecule has 0 aliphatic heterocycles. The van der Waals surface area contributed by atoms with Crippen LogP contribution in [0.4, 0.5) is 0 Å². The van der Waals surface area contributed by atoms with Crippen LogP contribution in [0.15, 0.2) is 22.7 Å². The summed E-state index contributed by atoms with van der Waals surface area (Å²) in [4.78, 5) is 0. The molecule has 0 bridgehead atoms. The summed E-state index contributed by atoms with van der Waals surface area (Å²) in [6, 6.07) is 5.69. The molecule has 1 saturated carbocycles. The minimum Gasteiger partial charge on any atom is -0.388 e. The fraction of sp³-hybridized carbons (Fsp3) is 0.538. The number of benzene rings is 1. The first kappa shape index (κ1) is 12.4. The van der Waals surface area contributed by atoms with Gasteiger partial charge >= 0.3 is 0 Å². The fourth-order valence-electron chi connectivity index (χ4n) is 2.42. The molecule has 1 unspecified atom stereocenters. The monoisotopic (exact) mass is 302 g/mol. The van der Waals surface area contributed by atoms with Crippen LogP contribution >= 0.6 is 27.5 Å². The molecular formula is C13H16BrClO. The molecule has 0 radical (unpaired) electrons. The zero-order valence-electron chi connectivity index (χ0n) is 9.13. The van der Waals surface area contributed by atoms with Gasteiger partial charge < -0.3 is 5.11 Å². The Bertz CT molecular complexity index is 361. The summed E-state index contributed by atoms with van der Waals surface area (Å²) in [5.74, 6) is 0.692. The van der Waals surface area contributed by atoms with Crippen LogP contribution in [0, 0.1) is 5.92 Å². The zero-order chi connectivity index (χ0) is 11.5. The normalized spacial score (nSPS) is 18.9. The number of hydrogen-bond acceptors (Lipinski definition) is 1. The Labute approximate surface area is 110 Å². The smallest absolute Gasteiger partial charge is 0.0793 e. The molecule has 0 spiro atoms. The number of halogens is 2. The van der Waals surface area contributed by atoms with Gasteiger partial charge in [-0.2, -0.15) is 0 Å². The Morgan fingerprint density at radius 3 is 2.69 bits per heavy atom. The second-order valence-corrected chi connectivity index (χ2v) is 5.84. The van der Waals surface area contributed by atoms with Crippen LogP contribution in [-0.2, 0) is 0 Å². The van der Waals surface area contributed by atoms with E-state index in [0.717, 1.165) is 16.5 Å². The first-order valence-electron chi connectivity index (χ1n) is 5.80. The van der Waals surface area contributed by atoms with Crippen molar-refractivity contribution in [2.75, 3.05) is 0 Å². The molecule has 3 heteroatoms. The minimum atomic E-state index is -0.367. The molecule has 0 amide bonds. The SMILES string of the molecule is OC(CC1CCCC1)c1ccc(Br)c(Cl)c1. The highest BCUT2D eigenvalue weighted by Crippen LogP contribution is 2.34. The van der Waals surface area contributed by atoms with Crippen LogP contribution in [0.2, 0.25) is 5.02 Å². The van der Waals surface area contributed by atoms with Crippen LogP contribution in [0.3, 0.4) is 0 Å². The number of rotatable bonds is 3. The van der Waals surface area contributed by atoms with Gasteiger partial charge in [-0.05, 0) is 46.0 Å². The molecule has 0 aromatic heterocycles. The average molecular weight is 304 g/mol. The second-order valence-electron chi connectivity index (χ2n) is 4.58. The van der Waals surface area contributed by atoms with Gasteiger partial charge in [0.2, 0.25) is 0 Å². The van der Waals surface area contributed by atoms with Gasteiger partial charge in [-0.15, -0.1) is 0 Å². The summed E-state index contributed by atoms with van der Waals surface area (Å²) in [6.45, 7) is 0. The van der Waals surface area contributed by atoms with E-state index in [9.17, 15) is 5.11 Å². The molecule has 0 saturated heterocycles. The lowest BCUT2D eigenvalue weighted by Crippen LogP contribution is -2.04. The van der Waals surface area contributed by atoms with Gasteiger partial charge in [-0.1, -0.05) is 43.4 Å². The van der Waals surface area contributed by atoms with E-state index in [1.807, 2.05) is 18.2 Å². The molecule has 1 aromatic rings. The Balaban J connectivity index is 2.02. The van der Waals surface area contributed by atoms with Crippen LogP contribution in [0.25, 0.3) is 0 Å². The van der Waals surface area contributed by atoms with E-state index in [0.29, 0.717) is 10.9 Å². The second kappa shape index (κ2) is 5.52. The van der Waals surface area contributed by atoms with Gasteiger partial charge in [0.05, 0.1) is 11.1 Å². The molecule has 1 atom stereocenters. The molecule has 1 aliphatic rings. The Hall–Kier alpha value is -0.0500. The predicted octanol–water partition coefficient (Wildman–Crippen LogP) is 4.72. The standard InChI is InChI=1S/C13H16BrClO/c14-11-6-5-10(8-12(11)15)13(16)7-9-3-1-2-4-9/h5-6,8-9,13,16H,1-4,7H2. The van der Waals surface area contributed by atoms with Gasteiger partial charge in [0.25, 0.3) is 0 Å². The summed E-state index contributed by atoms with van der Waals surface area (Å²) in [5.41, 5.74) is 0.931.